The lowest BCUT2D eigenvalue weighted by molar-refractivity contribution is -0.144. The molecule has 1 saturated carbocycles. The van der Waals surface area contributed by atoms with Crippen LogP contribution in [0.1, 0.15) is 49.7 Å². The molecule has 7 heteroatoms. The van der Waals surface area contributed by atoms with Crippen LogP contribution in [0.4, 0.5) is 0 Å². The molecule has 2 rings (SSSR count). The number of nitrogens with zero attached hydrogens (tertiary/aromatic N) is 1. The van der Waals surface area contributed by atoms with Crippen molar-refractivity contribution >= 4 is 18.0 Å². The van der Waals surface area contributed by atoms with Crippen LogP contribution < -0.4 is 10.8 Å². The van der Waals surface area contributed by atoms with E-state index < -0.39 is 17.9 Å². The maximum absolute atomic E-state index is 12.2. The number of hydrogen-bond donors (Lipinski definition) is 4. The van der Waals surface area contributed by atoms with Crippen molar-refractivity contribution in [3.05, 3.63) is 41.5 Å². The van der Waals surface area contributed by atoms with Gasteiger partial charge < -0.3 is 10.0 Å². The van der Waals surface area contributed by atoms with Gasteiger partial charge in [0.1, 0.15) is 6.04 Å². The van der Waals surface area contributed by atoms with Gasteiger partial charge in [-0.25, -0.2) is 5.48 Å². The maximum atomic E-state index is 12.2. The molecule has 1 amide bonds. The molecule has 0 aromatic heterocycles. The Hall–Kier alpha value is -2.22. The summed E-state index contributed by atoms with van der Waals surface area (Å²) < 4.78 is 0. The summed E-state index contributed by atoms with van der Waals surface area (Å²) in [5, 5.41) is 21.8. The highest BCUT2D eigenvalue weighted by Crippen LogP contribution is 2.42. The Balaban J connectivity index is 2.06. The molecule has 0 radical (unpaired) electrons. The van der Waals surface area contributed by atoms with Crippen molar-refractivity contribution in [3.8, 4) is 0 Å². The normalized spacial score (nSPS) is 17.4. The van der Waals surface area contributed by atoms with Gasteiger partial charge in [-0.3, -0.25) is 20.1 Å². The highest BCUT2D eigenvalue weighted by Gasteiger charge is 2.43. The second kappa shape index (κ2) is 11.1. The second-order valence-electron chi connectivity index (χ2n) is 8.18. The molecule has 1 aromatic carbocycles. The Morgan fingerprint density at radius 1 is 1.17 bits per heavy atom. The number of carbonyl (C=O) groups excluding carboxylic acids is 1. The van der Waals surface area contributed by atoms with Crippen LogP contribution in [0, 0.1) is 5.41 Å². The summed E-state index contributed by atoms with van der Waals surface area (Å²) >= 11 is 0. The number of nitrogens with one attached hydrogen (secondary N) is 2. The number of carbonyl (C=O) groups is 2. The van der Waals surface area contributed by atoms with Gasteiger partial charge in [0.15, 0.2) is 0 Å². The van der Waals surface area contributed by atoms with E-state index in [1.807, 2.05) is 38.4 Å². The van der Waals surface area contributed by atoms with Gasteiger partial charge in [-0.15, -0.1) is 0 Å². The lowest BCUT2D eigenvalue weighted by Gasteiger charge is -2.43. The first-order valence-electron chi connectivity index (χ1n) is 10.2. The van der Waals surface area contributed by atoms with E-state index in [-0.39, 0.29) is 5.41 Å². The van der Waals surface area contributed by atoms with Crippen molar-refractivity contribution in [2.45, 2.75) is 51.1 Å². The third-order valence-corrected chi connectivity index (χ3v) is 5.79. The first-order chi connectivity index (χ1) is 13.9. The van der Waals surface area contributed by atoms with Crippen molar-refractivity contribution in [3.63, 3.8) is 0 Å². The minimum absolute atomic E-state index is 0.214. The molecule has 160 valence electrons. The predicted octanol–water partition coefficient (Wildman–Crippen LogP) is 2.65. The fraction of sp³-hybridized carbons (Fsp3) is 0.545. The van der Waals surface area contributed by atoms with Gasteiger partial charge in [-0.05, 0) is 62.5 Å². The average Bonchev–Trinajstić information content (AvgIpc) is 2.72. The van der Waals surface area contributed by atoms with Crippen LogP contribution in [0.2, 0.25) is 0 Å². The molecule has 1 aliphatic carbocycles. The molecule has 0 aliphatic heterocycles. The summed E-state index contributed by atoms with van der Waals surface area (Å²) in [6.45, 7) is 1.36. The Kier molecular flexibility index (Phi) is 8.82. The fourth-order valence-electron chi connectivity index (χ4n) is 4.13. The van der Waals surface area contributed by atoms with Gasteiger partial charge in [0.2, 0.25) is 0 Å². The molecule has 4 N–H and O–H groups in total. The van der Waals surface area contributed by atoms with Gasteiger partial charge in [0.05, 0.1) is 0 Å². The van der Waals surface area contributed by atoms with Gasteiger partial charge in [0.25, 0.3) is 5.91 Å². The van der Waals surface area contributed by atoms with Gasteiger partial charge in [-0.1, -0.05) is 43.5 Å². The van der Waals surface area contributed by atoms with Crippen LogP contribution in [0.15, 0.2) is 30.3 Å². The van der Waals surface area contributed by atoms with E-state index >= 15 is 0 Å². The van der Waals surface area contributed by atoms with Crippen LogP contribution in [-0.4, -0.2) is 53.8 Å². The topological polar surface area (TPSA) is 102 Å². The molecule has 1 aliphatic rings. The minimum atomic E-state index is -0.778. The molecular formula is C22H33N3O4. The molecule has 1 fully saturated rings. The first kappa shape index (κ1) is 23.1. The number of aliphatic carboxylic acids is 1. The molecule has 0 heterocycles. The third-order valence-electron chi connectivity index (χ3n) is 5.79. The van der Waals surface area contributed by atoms with E-state index in [2.05, 4.69) is 10.2 Å². The fourth-order valence-corrected chi connectivity index (χ4v) is 4.13. The summed E-state index contributed by atoms with van der Waals surface area (Å²) in [6, 6.07) is 6.97. The minimum Gasteiger partial charge on any atom is -0.480 e. The molecule has 0 saturated heterocycles. The van der Waals surface area contributed by atoms with Crippen molar-refractivity contribution in [1.82, 2.24) is 15.7 Å². The number of amides is 1. The molecule has 1 aromatic rings. The Morgan fingerprint density at radius 3 is 2.38 bits per heavy atom. The quantitative estimate of drug-likeness (QED) is 0.272. The van der Waals surface area contributed by atoms with Gasteiger partial charge >= 0.3 is 5.97 Å². The van der Waals surface area contributed by atoms with Gasteiger partial charge in [-0.2, -0.15) is 0 Å². The van der Waals surface area contributed by atoms with Crippen LogP contribution in [0.5, 0.6) is 0 Å². The molecule has 0 unspecified atom stereocenters. The Morgan fingerprint density at radius 2 is 1.83 bits per heavy atom. The van der Waals surface area contributed by atoms with Crippen LogP contribution in [0.25, 0.3) is 6.08 Å². The van der Waals surface area contributed by atoms with Crippen molar-refractivity contribution < 1.29 is 19.9 Å². The van der Waals surface area contributed by atoms with E-state index in [1.165, 1.54) is 12.5 Å². The smallest absolute Gasteiger partial charge is 0.321 e. The SMILES string of the molecule is CN(C)CCC1([C@H](NCc2ccc(C=CC(=O)NO)cc2)C(=O)O)CCCCC1. The maximum Gasteiger partial charge on any atom is 0.321 e. The summed E-state index contributed by atoms with van der Waals surface area (Å²) in [7, 11) is 4.06. The lowest BCUT2D eigenvalue weighted by atomic mass is 9.66. The zero-order chi connectivity index (χ0) is 21.3. The first-order valence-corrected chi connectivity index (χ1v) is 10.2. The number of carboxylic acid groups (broad SMARTS) is 1. The number of benzene rings is 1. The van der Waals surface area contributed by atoms with E-state index in [4.69, 9.17) is 5.21 Å². The molecule has 0 spiro atoms. The summed E-state index contributed by atoms with van der Waals surface area (Å²) in [5.41, 5.74) is 3.14. The predicted molar refractivity (Wildman–Crippen MR) is 112 cm³/mol. The van der Waals surface area contributed by atoms with E-state index in [0.29, 0.717) is 6.54 Å². The molecule has 1 atom stereocenters. The molecule has 0 bridgehead atoms. The monoisotopic (exact) mass is 403 g/mol. The summed E-state index contributed by atoms with van der Waals surface area (Å²) in [5.74, 6) is -1.37. The van der Waals surface area contributed by atoms with Crippen molar-refractivity contribution in [2.75, 3.05) is 20.6 Å². The Labute approximate surface area is 172 Å². The average molecular weight is 404 g/mol. The Bertz CT molecular complexity index is 695. The van der Waals surface area contributed by atoms with E-state index in [0.717, 1.165) is 49.8 Å². The molecular weight excluding hydrogens is 370 g/mol. The zero-order valence-corrected chi connectivity index (χ0v) is 17.4. The number of carboxylic acids is 1. The third kappa shape index (κ3) is 6.96. The van der Waals surface area contributed by atoms with Gasteiger partial charge in [0, 0.05) is 12.6 Å². The zero-order valence-electron chi connectivity index (χ0n) is 17.4. The van der Waals surface area contributed by atoms with E-state index in [1.54, 1.807) is 11.6 Å². The number of rotatable bonds is 10. The van der Waals surface area contributed by atoms with Crippen molar-refractivity contribution in [1.29, 1.82) is 0 Å². The summed E-state index contributed by atoms with van der Waals surface area (Å²) in [6.07, 6.45) is 8.96. The highest BCUT2D eigenvalue weighted by atomic mass is 16.5. The standard InChI is InChI=1S/C22H33N3O4/c1-25(2)15-14-22(12-4-3-5-13-22)20(21(27)28)23-16-18-8-6-17(7-9-18)10-11-19(26)24-29/h6-11,20,23,29H,3-5,12-16H2,1-2H3,(H,24,26)(H,27,28)/t20-/m1/s1. The number of hydroxylamine groups is 1. The van der Waals surface area contributed by atoms with E-state index in [9.17, 15) is 14.7 Å². The van der Waals surface area contributed by atoms with Crippen LogP contribution in [0.3, 0.4) is 0 Å². The number of hydrogen-bond acceptors (Lipinski definition) is 5. The summed E-state index contributed by atoms with van der Waals surface area (Å²) in [4.78, 5) is 25.3. The molecule has 29 heavy (non-hydrogen) atoms. The second-order valence-corrected chi connectivity index (χ2v) is 8.18. The lowest BCUT2D eigenvalue weighted by Crippen LogP contribution is -2.52. The van der Waals surface area contributed by atoms with Crippen molar-refractivity contribution in [2.24, 2.45) is 5.41 Å². The van der Waals surface area contributed by atoms with Crippen LogP contribution in [-0.2, 0) is 16.1 Å². The largest absolute Gasteiger partial charge is 0.480 e. The molecule has 7 nitrogen and oxygen atoms in total. The highest BCUT2D eigenvalue weighted by molar-refractivity contribution is 5.90. The van der Waals surface area contributed by atoms with Crippen LogP contribution >= 0.6 is 0 Å².